The molecule has 31 heavy (non-hydrogen) atoms. The van der Waals surface area contributed by atoms with Crippen molar-refractivity contribution in [1.29, 1.82) is 0 Å². The lowest BCUT2D eigenvalue weighted by atomic mass is 9.81. The van der Waals surface area contributed by atoms with E-state index in [-0.39, 0.29) is 17.9 Å². The number of halogens is 1. The van der Waals surface area contributed by atoms with Crippen molar-refractivity contribution in [2.45, 2.75) is 56.8 Å². The topological polar surface area (TPSA) is 87.6 Å². The Balaban J connectivity index is 1.23. The number of rotatable bonds is 4. The maximum atomic E-state index is 13.2. The van der Waals surface area contributed by atoms with Crippen LogP contribution in [0.15, 0.2) is 51.7 Å². The molecule has 2 fully saturated rings. The summed E-state index contributed by atoms with van der Waals surface area (Å²) in [5, 5.41) is 3.50. The molecule has 0 radical (unpaired) electrons. The zero-order valence-corrected chi connectivity index (χ0v) is 17.1. The molecule has 1 aliphatic carbocycles. The fourth-order valence-corrected chi connectivity index (χ4v) is 4.72. The minimum absolute atomic E-state index is 0.210. The van der Waals surface area contributed by atoms with Gasteiger partial charge in [0.2, 0.25) is 0 Å². The highest BCUT2D eigenvalue weighted by molar-refractivity contribution is 5.92. The molecule has 7 nitrogen and oxygen atoms in total. The Labute approximate surface area is 178 Å². The number of H-pyrrole nitrogens is 1. The molecule has 5 rings (SSSR count). The molecule has 8 heteroatoms. The molecule has 2 N–H and O–H groups in total. The summed E-state index contributed by atoms with van der Waals surface area (Å²) in [4.78, 5) is 28.1. The van der Waals surface area contributed by atoms with E-state index in [4.69, 9.17) is 9.15 Å². The van der Waals surface area contributed by atoms with Crippen LogP contribution < -0.4 is 16.0 Å². The second-order valence-corrected chi connectivity index (χ2v) is 8.38. The number of nitrogens with one attached hydrogen (secondary N) is 2. The molecule has 2 aromatic carbocycles. The van der Waals surface area contributed by atoms with E-state index in [1.54, 1.807) is 23.1 Å². The van der Waals surface area contributed by atoms with Gasteiger partial charge in [-0.05, 0) is 68.4 Å². The molecular weight excluding hydrogens is 401 g/mol. The number of oxazole rings is 1. The Bertz CT molecular complexity index is 1150. The van der Waals surface area contributed by atoms with E-state index >= 15 is 0 Å². The Morgan fingerprint density at radius 1 is 1.06 bits per heavy atom. The van der Waals surface area contributed by atoms with Crippen molar-refractivity contribution >= 4 is 22.9 Å². The van der Waals surface area contributed by atoms with Crippen LogP contribution in [-0.4, -0.2) is 29.4 Å². The smallest absolute Gasteiger partial charge is 0.417 e. The van der Waals surface area contributed by atoms with Gasteiger partial charge in [0.25, 0.3) is 0 Å². The summed E-state index contributed by atoms with van der Waals surface area (Å²) in [5.74, 6) is -0.306. The van der Waals surface area contributed by atoms with Gasteiger partial charge >= 0.3 is 11.8 Å². The van der Waals surface area contributed by atoms with E-state index in [0.717, 1.165) is 25.7 Å². The third-order valence-corrected chi connectivity index (χ3v) is 6.42. The maximum absolute atomic E-state index is 13.2. The van der Waals surface area contributed by atoms with E-state index in [9.17, 15) is 14.0 Å². The molecule has 1 saturated carbocycles. The van der Waals surface area contributed by atoms with Crippen LogP contribution in [0, 0.1) is 5.82 Å². The first kappa shape index (κ1) is 19.8. The average Bonchev–Trinajstić information content (AvgIpc) is 3.26. The highest BCUT2D eigenvalue weighted by Crippen LogP contribution is 2.34. The number of aromatic nitrogens is 1. The van der Waals surface area contributed by atoms with E-state index in [1.807, 2.05) is 19.1 Å². The molecule has 3 aromatic rings. The summed E-state index contributed by atoms with van der Waals surface area (Å²) in [6, 6.07) is 12.0. The van der Waals surface area contributed by atoms with Crippen molar-refractivity contribution in [2.24, 2.45) is 0 Å². The van der Waals surface area contributed by atoms with Crippen molar-refractivity contribution in [3.8, 4) is 0 Å². The van der Waals surface area contributed by atoms with Gasteiger partial charge in [-0.25, -0.2) is 14.0 Å². The van der Waals surface area contributed by atoms with E-state index in [2.05, 4.69) is 10.3 Å². The Kier molecular flexibility index (Phi) is 5.02. The number of carbonyl (C=O) groups excluding carboxylic acids is 1. The molecule has 0 spiro atoms. The highest BCUT2D eigenvalue weighted by atomic mass is 19.1. The van der Waals surface area contributed by atoms with Gasteiger partial charge in [-0.3, -0.25) is 15.2 Å². The SMILES string of the molecule is CC1C(NC2CCC(c3ccc(F)cc3)CC2)OC(=O)N1c1ccc2[nH]c(=O)oc2c1. The summed E-state index contributed by atoms with van der Waals surface area (Å²) in [6.07, 6.45) is 3.08. The Morgan fingerprint density at radius 3 is 2.55 bits per heavy atom. The van der Waals surface area contributed by atoms with Gasteiger partial charge in [0.1, 0.15) is 5.82 Å². The molecule has 162 valence electrons. The lowest BCUT2D eigenvalue weighted by molar-refractivity contribution is 0.0961. The Morgan fingerprint density at radius 2 is 1.81 bits per heavy atom. The van der Waals surface area contributed by atoms with Gasteiger partial charge < -0.3 is 9.15 Å². The van der Waals surface area contributed by atoms with E-state index in [1.165, 1.54) is 17.7 Å². The highest BCUT2D eigenvalue weighted by Gasteiger charge is 2.41. The van der Waals surface area contributed by atoms with Crippen LogP contribution in [0.3, 0.4) is 0 Å². The predicted molar refractivity (Wildman–Crippen MR) is 114 cm³/mol. The van der Waals surface area contributed by atoms with Gasteiger partial charge in [0.05, 0.1) is 17.2 Å². The van der Waals surface area contributed by atoms with Gasteiger partial charge in [-0.1, -0.05) is 12.1 Å². The van der Waals surface area contributed by atoms with Crippen LogP contribution in [0.1, 0.15) is 44.1 Å². The van der Waals surface area contributed by atoms with Crippen LogP contribution in [0.25, 0.3) is 11.1 Å². The summed E-state index contributed by atoms with van der Waals surface area (Å²) in [6.45, 7) is 1.93. The standard InChI is InChI=1S/C23H24FN3O4/c1-13-21(25-17-8-4-15(5-9-17)14-2-6-16(24)7-3-14)31-23(29)27(13)18-10-11-19-20(12-18)30-22(28)26-19/h2-3,6-7,10-13,15,17,21,25H,4-5,8-9H2,1H3,(H,26,28). The zero-order valence-electron chi connectivity index (χ0n) is 17.1. The summed E-state index contributed by atoms with van der Waals surface area (Å²) >= 11 is 0. The van der Waals surface area contributed by atoms with Crippen LogP contribution in [0.2, 0.25) is 0 Å². The van der Waals surface area contributed by atoms with Gasteiger partial charge in [-0.2, -0.15) is 0 Å². The summed E-state index contributed by atoms with van der Waals surface area (Å²) in [5.41, 5.74) is 2.79. The third-order valence-electron chi connectivity index (χ3n) is 6.42. The first-order chi connectivity index (χ1) is 15.0. The van der Waals surface area contributed by atoms with Gasteiger partial charge in [0, 0.05) is 12.1 Å². The number of fused-ring (bicyclic) bond motifs is 1. The lowest BCUT2D eigenvalue weighted by Gasteiger charge is -2.32. The lowest BCUT2D eigenvalue weighted by Crippen LogP contribution is -2.47. The number of cyclic esters (lactones) is 1. The van der Waals surface area contributed by atoms with E-state index in [0.29, 0.717) is 22.7 Å². The molecule has 1 amide bonds. The molecule has 2 unspecified atom stereocenters. The third kappa shape index (κ3) is 3.83. The number of ether oxygens (including phenoxy) is 1. The normalized spacial score (nSPS) is 26.4. The van der Waals surface area contributed by atoms with Gasteiger partial charge in [-0.15, -0.1) is 0 Å². The number of hydrogen-bond donors (Lipinski definition) is 2. The van der Waals surface area contributed by atoms with Crippen molar-refractivity contribution in [2.75, 3.05) is 4.90 Å². The molecule has 0 bridgehead atoms. The van der Waals surface area contributed by atoms with Crippen LogP contribution >= 0.6 is 0 Å². The monoisotopic (exact) mass is 425 g/mol. The first-order valence-corrected chi connectivity index (χ1v) is 10.6. The van der Waals surface area contributed by atoms with Crippen molar-refractivity contribution in [3.05, 3.63) is 64.4 Å². The number of carbonyl (C=O) groups is 1. The second-order valence-electron chi connectivity index (χ2n) is 8.38. The van der Waals surface area contributed by atoms with Crippen LogP contribution in [0.5, 0.6) is 0 Å². The number of amides is 1. The van der Waals surface area contributed by atoms with Crippen molar-refractivity contribution in [3.63, 3.8) is 0 Å². The largest absolute Gasteiger partial charge is 0.428 e. The fraction of sp³-hybridized carbons (Fsp3) is 0.391. The molecular formula is C23H24FN3O4. The number of nitrogens with zero attached hydrogens (tertiary/aromatic N) is 1. The molecule has 2 heterocycles. The fourth-order valence-electron chi connectivity index (χ4n) is 4.72. The second kappa shape index (κ2) is 7.85. The molecule has 1 aromatic heterocycles. The van der Waals surface area contributed by atoms with Crippen molar-refractivity contribution in [1.82, 2.24) is 10.3 Å². The summed E-state index contributed by atoms with van der Waals surface area (Å²) < 4.78 is 23.9. The molecule has 1 saturated heterocycles. The minimum atomic E-state index is -0.528. The Hall–Kier alpha value is -3.13. The van der Waals surface area contributed by atoms with Crippen LogP contribution in [-0.2, 0) is 4.74 Å². The quantitative estimate of drug-likeness (QED) is 0.653. The van der Waals surface area contributed by atoms with Gasteiger partial charge in [0.15, 0.2) is 11.8 Å². The molecule has 1 aliphatic heterocycles. The molecule has 2 atom stereocenters. The minimum Gasteiger partial charge on any atom is -0.428 e. The summed E-state index contributed by atoms with van der Waals surface area (Å²) in [7, 11) is 0. The molecule has 2 aliphatic rings. The number of hydrogen-bond acceptors (Lipinski definition) is 5. The van der Waals surface area contributed by atoms with Crippen LogP contribution in [0.4, 0.5) is 14.9 Å². The number of anilines is 1. The zero-order chi connectivity index (χ0) is 21.5. The first-order valence-electron chi connectivity index (χ1n) is 10.6. The average molecular weight is 425 g/mol. The maximum Gasteiger partial charge on any atom is 0.417 e. The van der Waals surface area contributed by atoms with Crippen molar-refractivity contribution < 1.29 is 18.3 Å². The number of aromatic amines is 1. The predicted octanol–water partition coefficient (Wildman–Crippen LogP) is 4.25. The number of benzene rings is 2. The van der Waals surface area contributed by atoms with E-state index < -0.39 is 18.1 Å².